The summed E-state index contributed by atoms with van der Waals surface area (Å²) in [5.74, 6) is 1.55. The maximum atomic E-state index is 10.7. The lowest BCUT2D eigenvalue weighted by Gasteiger charge is -2.34. The van der Waals surface area contributed by atoms with E-state index in [-0.39, 0.29) is 0 Å². The lowest BCUT2D eigenvalue weighted by Crippen LogP contribution is -2.32. The molecule has 0 atom stereocenters. The fourth-order valence-corrected chi connectivity index (χ4v) is 3.48. The molecule has 1 amide bonds. The fourth-order valence-electron chi connectivity index (χ4n) is 3.48. The van der Waals surface area contributed by atoms with E-state index in [0.717, 1.165) is 30.8 Å². The molecule has 1 heterocycles. The first-order chi connectivity index (χ1) is 12.2. The van der Waals surface area contributed by atoms with Gasteiger partial charge < -0.3 is 14.5 Å². The number of ether oxygens (including phenoxy) is 1. The van der Waals surface area contributed by atoms with E-state index >= 15 is 0 Å². The quantitative estimate of drug-likeness (QED) is 0.754. The molecule has 4 heteroatoms. The molecule has 4 nitrogen and oxygen atoms in total. The highest BCUT2D eigenvalue weighted by Crippen LogP contribution is 2.31. The molecule has 0 radical (unpaired) electrons. The van der Waals surface area contributed by atoms with Crippen LogP contribution in [0.5, 0.6) is 5.75 Å². The number of nitrogens with zero attached hydrogens (tertiary/aromatic N) is 2. The predicted octanol–water partition coefficient (Wildman–Crippen LogP) is 3.67. The Bertz CT molecular complexity index is 674. The number of piperidine rings is 1. The van der Waals surface area contributed by atoms with Crippen LogP contribution in [0.4, 0.5) is 5.69 Å². The minimum absolute atomic E-state index is 0.627. The maximum Gasteiger partial charge on any atom is 0.209 e. The first-order valence-electron chi connectivity index (χ1n) is 8.83. The van der Waals surface area contributed by atoms with Gasteiger partial charge in [-0.15, -0.1) is 0 Å². The second-order valence-corrected chi connectivity index (χ2v) is 6.72. The van der Waals surface area contributed by atoms with Crippen LogP contribution in [0.3, 0.4) is 0 Å². The van der Waals surface area contributed by atoms with Crippen LogP contribution >= 0.6 is 0 Å². The SMILES string of the molecule is COc1ccc(C2CCN(c3ccc(CN(C)C=O)cc3)CC2)cc1. The molecular weight excluding hydrogens is 312 g/mol. The van der Waals surface area contributed by atoms with Crippen LogP contribution in [0.1, 0.15) is 29.9 Å². The maximum absolute atomic E-state index is 10.7. The first kappa shape index (κ1) is 17.3. The summed E-state index contributed by atoms with van der Waals surface area (Å²) in [6.45, 7) is 2.80. The number of carbonyl (C=O) groups excluding carboxylic acids is 1. The molecule has 0 spiro atoms. The molecule has 0 bridgehead atoms. The Morgan fingerprint density at radius 1 is 1.08 bits per heavy atom. The van der Waals surface area contributed by atoms with Crippen LogP contribution in [0.15, 0.2) is 48.5 Å². The Balaban J connectivity index is 1.57. The number of carbonyl (C=O) groups is 1. The largest absolute Gasteiger partial charge is 0.497 e. The summed E-state index contributed by atoms with van der Waals surface area (Å²) >= 11 is 0. The van der Waals surface area contributed by atoms with Gasteiger partial charge in [-0.25, -0.2) is 0 Å². The molecule has 0 aliphatic carbocycles. The van der Waals surface area contributed by atoms with E-state index in [9.17, 15) is 4.79 Å². The van der Waals surface area contributed by atoms with Gasteiger partial charge in [0.15, 0.2) is 0 Å². The molecular formula is C21H26N2O2. The average Bonchev–Trinajstić information content (AvgIpc) is 2.69. The third-order valence-corrected chi connectivity index (χ3v) is 5.00. The Morgan fingerprint density at radius 2 is 1.72 bits per heavy atom. The van der Waals surface area contributed by atoms with Gasteiger partial charge in [0.25, 0.3) is 0 Å². The third-order valence-electron chi connectivity index (χ3n) is 5.00. The van der Waals surface area contributed by atoms with Crippen molar-refractivity contribution in [3.05, 3.63) is 59.7 Å². The van der Waals surface area contributed by atoms with Gasteiger partial charge in [0, 0.05) is 32.4 Å². The molecule has 2 aromatic carbocycles. The van der Waals surface area contributed by atoms with Crippen LogP contribution in [0.25, 0.3) is 0 Å². The smallest absolute Gasteiger partial charge is 0.209 e. The van der Waals surface area contributed by atoms with E-state index < -0.39 is 0 Å². The molecule has 3 rings (SSSR count). The van der Waals surface area contributed by atoms with Crippen LogP contribution in [0.2, 0.25) is 0 Å². The number of rotatable bonds is 6. The average molecular weight is 338 g/mol. The standard InChI is InChI=1S/C21H26N2O2/c1-22(16-24)15-17-3-7-20(8-4-17)23-13-11-19(12-14-23)18-5-9-21(25-2)10-6-18/h3-10,16,19H,11-15H2,1-2H3. The zero-order chi connectivity index (χ0) is 17.6. The van der Waals surface area contributed by atoms with E-state index in [0.29, 0.717) is 12.5 Å². The Hall–Kier alpha value is -2.49. The molecule has 1 fully saturated rings. The summed E-state index contributed by atoms with van der Waals surface area (Å²) in [6.07, 6.45) is 3.20. The number of methoxy groups -OCH3 is 1. The molecule has 2 aromatic rings. The van der Waals surface area contributed by atoms with Crippen LogP contribution in [-0.4, -0.2) is 38.6 Å². The lowest BCUT2D eigenvalue weighted by molar-refractivity contribution is -0.117. The Labute approximate surface area is 150 Å². The minimum Gasteiger partial charge on any atom is -0.497 e. The molecule has 1 aliphatic rings. The summed E-state index contributed by atoms with van der Waals surface area (Å²) in [5.41, 5.74) is 3.84. The van der Waals surface area contributed by atoms with Gasteiger partial charge in [0.05, 0.1) is 7.11 Å². The number of hydrogen-bond donors (Lipinski definition) is 0. The Morgan fingerprint density at radius 3 is 2.28 bits per heavy atom. The van der Waals surface area contributed by atoms with Crippen molar-refractivity contribution < 1.29 is 9.53 Å². The van der Waals surface area contributed by atoms with Crippen molar-refractivity contribution in [1.29, 1.82) is 0 Å². The van der Waals surface area contributed by atoms with Gasteiger partial charge in [0.1, 0.15) is 5.75 Å². The molecule has 0 unspecified atom stereocenters. The highest BCUT2D eigenvalue weighted by atomic mass is 16.5. The summed E-state index contributed by atoms with van der Waals surface area (Å²) < 4.78 is 5.24. The normalized spacial score (nSPS) is 15.0. The van der Waals surface area contributed by atoms with Gasteiger partial charge in [-0.05, 0) is 54.2 Å². The van der Waals surface area contributed by atoms with Crippen molar-refractivity contribution >= 4 is 12.1 Å². The van der Waals surface area contributed by atoms with Crippen molar-refractivity contribution in [2.45, 2.75) is 25.3 Å². The fraction of sp³-hybridized carbons (Fsp3) is 0.381. The van der Waals surface area contributed by atoms with Gasteiger partial charge in [0.2, 0.25) is 6.41 Å². The predicted molar refractivity (Wildman–Crippen MR) is 101 cm³/mol. The lowest BCUT2D eigenvalue weighted by atomic mass is 9.89. The van der Waals surface area contributed by atoms with E-state index in [1.807, 2.05) is 0 Å². The molecule has 0 N–H and O–H groups in total. The number of anilines is 1. The number of benzene rings is 2. The summed E-state index contributed by atoms with van der Waals surface area (Å²) in [6, 6.07) is 17.1. The van der Waals surface area contributed by atoms with E-state index in [4.69, 9.17) is 4.74 Å². The molecule has 132 valence electrons. The van der Waals surface area contributed by atoms with E-state index in [1.165, 1.54) is 24.1 Å². The monoisotopic (exact) mass is 338 g/mol. The van der Waals surface area contributed by atoms with Gasteiger partial charge in [-0.2, -0.15) is 0 Å². The van der Waals surface area contributed by atoms with Gasteiger partial charge in [-0.3, -0.25) is 4.79 Å². The number of amides is 1. The highest BCUT2D eigenvalue weighted by molar-refractivity contribution is 5.50. The van der Waals surface area contributed by atoms with Crippen molar-refractivity contribution in [3.8, 4) is 5.75 Å². The third kappa shape index (κ3) is 4.32. The van der Waals surface area contributed by atoms with Crippen molar-refractivity contribution in [3.63, 3.8) is 0 Å². The second kappa shape index (κ2) is 8.06. The van der Waals surface area contributed by atoms with E-state index in [2.05, 4.69) is 53.4 Å². The van der Waals surface area contributed by atoms with E-state index in [1.54, 1.807) is 19.1 Å². The summed E-state index contributed by atoms with van der Waals surface area (Å²) in [5, 5.41) is 0. The second-order valence-electron chi connectivity index (χ2n) is 6.72. The van der Waals surface area contributed by atoms with Crippen molar-refractivity contribution in [2.75, 3.05) is 32.1 Å². The summed E-state index contributed by atoms with van der Waals surface area (Å²) in [4.78, 5) is 14.8. The number of hydrogen-bond acceptors (Lipinski definition) is 3. The zero-order valence-electron chi connectivity index (χ0n) is 15.0. The van der Waals surface area contributed by atoms with Gasteiger partial charge >= 0.3 is 0 Å². The molecule has 0 saturated carbocycles. The van der Waals surface area contributed by atoms with Crippen LogP contribution in [0, 0.1) is 0 Å². The molecule has 0 aromatic heterocycles. The topological polar surface area (TPSA) is 32.8 Å². The highest BCUT2D eigenvalue weighted by Gasteiger charge is 2.20. The molecule has 25 heavy (non-hydrogen) atoms. The molecule has 1 aliphatic heterocycles. The van der Waals surface area contributed by atoms with Crippen LogP contribution in [-0.2, 0) is 11.3 Å². The van der Waals surface area contributed by atoms with Crippen molar-refractivity contribution in [2.24, 2.45) is 0 Å². The van der Waals surface area contributed by atoms with Crippen molar-refractivity contribution in [1.82, 2.24) is 4.90 Å². The Kier molecular flexibility index (Phi) is 5.59. The molecule has 1 saturated heterocycles. The van der Waals surface area contributed by atoms with Gasteiger partial charge in [-0.1, -0.05) is 24.3 Å². The zero-order valence-corrected chi connectivity index (χ0v) is 15.0. The minimum atomic E-state index is 0.627. The summed E-state index contributed by atoms with van der Waals surface area (Å²) in [7, 11) is 3.50. The first-order valence-corrected chi connectivity index (χ1v) is 8.83. The van der Waals surface area contributed by atoms with Crippen LogP contribution < -0.4 is 9.64 Å².